The lowest BCUT2D eigenvalue weighted by atomic mass is 9.91. The van der Waals surface area contributed by atoms with Gasteiger partial charge in [0.2, 0.25) is 5.43 Å². The largest absolute Gasteiger partial charge is 0.503 e. The minimum Gasteiger partial charge on any atom is -0.503 e. The van der Waals surface area contributed by atoms with Gasteiger partial charge in [0.1, 0.15) is 11.6 Å². The molecule has 2 aliphatic rings. The number of amides is 1. The summed E-state index contributed by atoms with van der Waals surface area (Å²) in [6.45, 7) is 0.553. The van der Waals surface area contributed by atoms with Crippen molar-refractivity contribution >= 4 is 5.91 Å². The molecule has 7 nitrogen and oxygen atoms in total. The summed E-state index contributed by atoms with van der Waals surface area (Å²) in [7, 11) is 1.73. The first-order chi connectivity index (χ1) is 15.3. The molecule has 2 aromatic heterocycles. The van der Waals surface area contributed by atoms with Gasteiger partial charge in [0.15, 0.2) is 11.4 Å². The minimum atomic E-state index is -0.682. The van der Waals surface area contributed by atoms with Gasteiger partial charge in [-0.2, -0.15) is 5.10 Å². The molecule has 0 bridgehead atoms. The Labute approximate surface area is 182 Å². The van der Waals surface area contributed by atoms with Crippen molar-refractivity contribution in [2.45, 2.75) is 44.3 Å². The van der Waals surface area contributed by atoms with E-state index in [9.17, 15) is 23.5 Å². The quantitative estimate of drug-likeness (QED) is 0.679. The van der Waals surface area contributed by atoms with Gasteiger partial charge in [0.25, 0.3) is 5.91 Å². The fraction of sp³-hybridized carbons (Fsp3) is 0.348. The van der Waals surface area contributed by atoms with Crippen LogP contribution in [0.2, 0.25) is 0 Å². The first-order valence-electron chi connectivity index (χ1n) is 10.5. The van der Waals surface area contributed by atoms with Crippen molar-refractivity contribution in [1.82, 2.24) is 19.2 Å². The molecule has 166 valence electrons. The summed E-state index contributed by atoms with van der Waals surface area (Å²) in [6.07, 6.45) is 8.41. The van der Waals surface area contributed by atoms with Gasteiger partial charge in [-0.15, -0.1) is 0 Å². The van der Waals surface area contributed by atoms with E-state index in [1.807, 2.05) is 0 Å². The van der Waals surface area contributed by atoms with E-state index < -0.39 is 22.8 Å². The van der Waals surface area contributed by atoms with Crippen molar-refractivity contribution < 1.29 is 18.7 Å². The molecule has 3 heterocycles. The molecule has 9 heteroatoms. The molecule has 1 amide bonds. The molecule has 1 aliphatic heterocycles. The number of pyridine rings is 1. The van der Waals surface area contributed by atoms with Crippen molar-refractivity contribution in [3.05, 3.63) is 69.9 Å². The molecule has 0 radical (unpaired) electrons. The van der Waals surface area contributed by atoms with E-state index in [1.54, 1.807) is 28.9 Å². The number of nitrogens with zero attached hydrogens (tertiary/aromatic N) is 4. The molecule has 1 saturated carbocycles. The summed E-state index contributed by atoms with van der Waals surface area (Å²) in [6, 6.07) is 3.32. The molecule has 1 N–H and O–H groups in total. The van der Waals surface area contributed by atoms with Gasteiger partial charge in [0.05, 0.1) is 23.8 Å². The topological polar surface area (TPSA) is 80.4 Å². The van der Waals surface area contributed by atoms with E-state index in [0.29, 0.717) is 12.1 Å². The molecule has 5 rings (SSSR count). The Kier molecular flexibility index (Phi) is 4.65. The highest BCUT2D eigenvalue weighted by Gasteiger charge is 2.46. The number of likely N-dealkylation sites (N-methyl/N-ethyl adjacent to an activating group) is 1. The minimum absolute atomic E-state index is 0.000417. The summed E-state index contributed by atoms with van der Waals surface area (Å²) >= 11 is 0. The molecular weight excluding hydrogens is 418 g/mol. The molecule has 1 spiro atoms. The van der Waals surface area contributed by atoms with E-state index in [0.717, 1.165) is 31.7 Å². The smallest absolute Gasteiger partial charge is 0.274 e. The summed E-state index contributed by atoms with van der Waals surface area (Å²) < 4.78 is 30.2. The Morgan fingerprint density at radius 2 is 1.91 bits per heavy atom. The maximum atomic E-state index is 14.0. The number of hydrogen-bond donors (Lipinski definition) is 1. The Balaban J connectivity index is 1.53. The van der Waals surface area contributed by atoms with Gasteiger partial charge < -0.3 is 14.6 Å². The van der Waals surface area contributed by atoms with Crippen molar-refractivity contribution in [3.63, 3.8) is 0 Å². The number of aromatic hydroxyl groups is 1. The van der Waals surface area contributed by atoms with Crippen LogP contribution in [0.25, 0.3) is 11.1 Å². The molecule has 32 heavy (non-hydrogen) atoms. The average molecular weight is 440 g/mol. The lowest BCUT2D eigenvalue weighted by Crippen LogP contribution is -2.55. The zero-order chi connectivity index (χ0) is 22.6. The Hall–Kier alpha value is -3.49. The summed E-state index contributed by atoms with van der Waals surface area (Å²) in [5.74, 6) is -2.28. The van der Waals surface area contributed by atoms with Crippen LogP contribution in [0.15, 0.2) is 41.6 Å². The maximum Gasteiger partial charge on any atom is 0.274 e. The number of fused-ring (bicyclic) bond motifs is 1. The third-order valence-corrected chi connectivity index (χ3v) is 6.77. The second-order valence-corrected chi connectivity index (χ2v) is 8.65. The first kappa shape index (κ1) is 20.4. The third kappa shape index (κ3) is 3.11. The molecular formula is C23H22F2N4O3. The van der Waals surface area contributed by atoms with Crippen LogP contribution < -0.4 is 5.43 Å². The highest BCUT2D eigenvalue weighted by molar-refractivity contribution is 5.96. The Morgan fingerprint density at radius 3 is 2.62 bits per heavy atom. The summed E-state index contributed by atoms with van der Waals surface area (Å²) in [5.41, 5.74) is -0.0690. The normalized spacial score (nSPS) is 17.2. The lowest BCUT2D eigenvalue weighted by Gasteiger charge is -2.44. The number of aromatic nitrogens is 3. The van der Waals surface area contributed by atoms with Crippen molar-refractivity contribution in [2.75, 3.05) is 7.05 Å². The van der Waals surface area contributed by atoms with Crippen LogP contribution in [0.3, 0.4) is 0 Å². The summed E-state index contributed by atoms with van der Waals surface area (Å²) in [5, 5.41) is 14.8. The maximum absolute atomic E-state index is 14.0. The summed E-state index contributed by atoms with van der Waals surface area (Å²) in [4.78, 5) is 27.6. The van der Waals surface area contributed by atoms with Gasteiger partial charge in [-0.05, 0) is 18.9 Å². The number of rotatable bonds is 3. The SMILES string of the molecule is CN1C(=O)c2c(O)c(=O)c(-c3cnn(Cc4ccc(F)cc4F)c3)cn2CC12CCCC2. The van der Waals surface area contributed by atoms with Gasteiger partial charge in [-0.25, -0.2) is 8.78 Å². The van der Waals surface area contributed by atoms with Crippen molar-refractivity contribution in [3.8, 4) is 16.9 Å². The van der Waals surface area contributed by atoms with Gasteiger partial charge >= 0.3 is 0 Å². The molecule has 0 atom stereocenters. The monoisotopic (exact) mass is 440 g/mol. The highest BCUT2D eigenvalue weighted by Crippen LogP contribution is 2.41. The highest BCUT2D eigenvalue weighted by atomic mass is 19.1. The first-order valence-corrected chi connectivity index (χ1v) is 10.5. The van der Waals surface area contributed by atoms with E-state index in [-0.39, 0.29) is 34.8 Å². The number of carbonyl (C=O) groups excluding carboxylic acids is 1. The second kappa shape index (κ2) is 7.29. The predicted octanol–water partition coefficient (Wildman–Crippen LogP) is 3.14. The number of carbonyl (C=O) groups is 1. The zero-order valence-corrected chi connectivity index (χ0v) is 17.5. The van der Waals surface area contributed by atoms with Gasteiger partial charge in [-0.3, -0.25) is 14.3 Å². The number of hydrogen-bond acceptors (Lipinski definition) is 4. The second-order valence-electron chi connectivity index (χ2n) is 8.65. The third-order valence-electron chi connectivity index (χ3n) is 6.77. The zero-order valence-electron chi connectivity index (χ0n) is 17.5. The molecule has 1 aliphatic carbocycles. The fourth-order valence-corrected chi connectivity index (χ4v) is 4.94. The van der Waals surface area contributed by atoms with E-state index in [1.165, 1.54) is 23.0 Å². The van der Waals surface area contributed by atoms with E-state index in [4.69, 9.17) is 0 Å². The van der Waals surface area contributed by atoms with E-state index in [2.05, 4.69) is 5.10 Å². The number of benzene rings is 1. The van der Waals surface area contributed by atoms with Crippen molar-refractivity contribution in [1.29, 1.82) is 0 Å². The molecule has 1 aromatic carbocycles. The van der Waals surface area contributed by atoms with Gasteiger partial charge in [0, 0.05) is 43.2 Å². The van der Waals surface area contributed by atoms with E-state index >= 15 is 0 Å². The molecule has 3 aromatic rings. The average Bonchev–Trinajstić information content (AvgIpc) is 3.41. The predicted molar refractivity (Wildman–Crippen MR) is 112 cm³/mol. The van der Waals surface area contributed by atoms with Crippen LogP contribution in [0.4, 0.5) is 8.78 Å². The molecule has 0 saturated heterocycles. The van der Waals surface area contributed by atoms with Crippen LogP contribution in [0.5, 0.6) is 5.75 Å². The lowest BCUT2D eigenvalue weighted by molar-refractivity contribution is 0.0418. The van der Waals surface area contributed by atoms with Crippen LogP contribution in [-0.2, 0) is 13.1 Å². The van der Waals surface area contributed by atoms with Crippen LogP contribution in [0.1, 0.15) is 41.7 Å². The standard InChI is InChI=1S/C23H22F2N4O3/c1-27-22(32)19-21(31)20(30)17(12-28(19)13-23(27)6-2-3-7-23)15-9-26-29(11-15)10-14-4-5-16(24)8-18(14)25/h4-5,8-9,11-12,31H,2-3,6-7,10,13H2,1H3. The van der Waals surface area contributed by atoms with Crippen molar-refractivity contribution in [2.24, 2.45) is 0 Å². The Bertz CT molecular complexity index is 1290. The van der Waals surface area contributed by atoms with Gasteiger partial charge in [-0.1, -0.05) is 18.9 Å². The van der Waals surface area contributed by atoms with Crippen LogP contribution in [-0.4, -0.2) is 42.8 Å². The van der Waals surface area contributed by atoms with Crippen LogP contribution in [0, 0.1) is 11.6 Å². The fourth-order valence-electron chi connectivity index (χ4n) is 4.94. The molecule has 1 fully saturated rings. The molecule has 0 unspecified atom stereocenters. The van der Waals surface area contributed by atoms with Crippen LogP contribution >= 0.6 is 0 Å². The number of halogens is 2. The Morgan fingerprint density at radius 1 is 1.16 bits per heavy atom.